The fourth-order valence-corrected chi connectivity index (χ4v) is 2.55. The quantitative estimate of drug-likeness (QED) is 0.805. The molecule has 2 aromatic rings. The molecule has 0 spiro atoms. The van der Waals surface area contributed by atoms with Crippen molar-refractivity contribution < 1.29 is 4.79 Å². The summed E-state index contributed by atoms with van der Waals surface area (Å²) in [5.74, 6) is 0.107. The number of nitrogens with one attached hydrogen (secondary N) is 1. The van der Waals surface area contributed by atoms with E-state index in [9.17, 15) is 4.79 Å². The van der Waals surface area contributed by atoms with Crippen LogP contribution in [0.4, 0.5) is 0 Å². The van der Waals surface area contributed by atoms with Gasteiger partial charge >= 0.3 is 0 Å². The molecule has 2 heteroatoms. The third-order valence-electron chi connectivity index (χ3n) is 3.93. The minimum Gasteiger partial charge on any atom is -0.356 e. The highest BCUT2D eigenvalue weighted by molar-refractivity contribution is 5.78. The SMILES string of the molecule is Cc1ccc(CCCNC(=O)Cc2ccc(C)cc2C)cc1. The van der Waals surface area contributed by atoms with E-state index in [0.29, 0.717) is 6.42 Å². The van der Waals surface area contributed by atoms with E-state index in [4.69, 9.17) is 0 Å². The minimum absolute atomic E-state index is 0.107. The lowest BCUT2D eigenvalue weighted by molar-refractivity contribution is -0.120. The minimum atomic E-state index is 0.107. The molecule has 2 aromatic carbocycles. The normalized spacial score (nSPS) is 10.5. The van der Waals surface area contributed by atoms with Gasteiger partial charge in [-0.3, -0.25) is 4.79 Å². The first kappa shape index (κ1) is 16.3. The molecule has 0 saturated carbocycles. The van der Waals surface area contributed by atoms with Crippen LogP contribution in [-0.2, 0) is 17.6 Å². The molecule has 1 N–H and O–H groups in total. The monoisotopic (exact) mass is 295 g/mol. The maximum atomic E-state index is 12.0. The zero-order valence-corrected chi connectivity index (χ0v) is 13.8. The summed E-state index contributed by atoms with van der Waals surface area (Å²) in [4.78, 5) is 12.0. The van der Waals surface area contributed by atoms with Crippen LogP contribution in [0.1, 0.15) is 34.2 Å². The molecule has 2 rings (SSSR count). The largest absolute Gasteiger partial charge is 0.356 e. The standard InChI is InChI=1S/C20H25NO/c1-15-6-9-18(10-7-15)5-4-12-21-20(22)14-19-11-8-16(2)13-17(19)3/h6-11,13H,4-5,12,14H2,1-3H3,(H,21,22). The molecule has 0 unspecified atom stereocenters. The maximum absolute atomic E-state index is 12.0. The van der Waals surface area contributed by atoms with E-state index in [1.165, 1.54) is 22.3 Å². The van der Waals surface area contributed by atoms with Gasteiger partial charge in [0.15, 0.2) is 0 Å². The highest BCUT2D eigenvalue weighted by Gasteiger charge is 2.05. The number of benzene rings is 2. The molecule has 0 aliphatic rings. The summed E-state index contributed by atoms with van der Waals surface area (Å²) in [5, 5.41) is 3.02. The molecule has 0 heterocycles. The summed E-state index contributed by atoms with van der Waals surface area (Å²) in [7, 11) is 0. The van der Waals surface area contributed by atoms with Gasteiger partial charge in [0.25, 0.3) is 0 Å². The van der Waals surface area contributed by atoms with Gasteiger partial charge in [-0.05, 0) is 50.3 Å². The maximum Gasteiger partial charge on any atom is 0.224 e. The predicted octanol–water partition coefficient (Wildman–Crippen LogP) is 3.90. The van der Waals surface area contributed by atoms with Crippen molar-refractivity contribution >= 4 is 5.91 Å². The fraction of sp³-hybridized carbons (Fsp3) is 0.350. The van der Waals surface area contributed by atoms with E-state index in [1.807, 2.05) is 0 Å². The van der Waals surface area contributed by atoms with Crippen LogP contribution >= 0.6 is 0 Å². The Morgan fingerprint density at radius 2 is 1.64 bits per heavy atom. The first-order valence-electron chi connectivity index (χ1n) is 7.93. The van der Waals surface area contributed by atoms with Crippen molar-refractivity contribution in [2.75, 3.05) is 6.54 Å². The van der Waals surface area contributed by atoms with Crippen LogP contribution in [0.25, 0.3) is 0 Å². The zero-order valence-electron chi connectivity index (χ0n) is 13.8. The number of carbonyl (C=O) groups excluding carboxylic acids is 1. The second-order valence-corrected chi connectivity index (χ2v) is 6.05. The highest BCUT2D eigenvalue weighted by Crippen LogP contribution is 2.11. The van der Waals surface area contributed by atoms with E-state index in [1.54, 1.807) is 0 Å². The van der Waals surface area contributed by atoms with Gasteiger partial charge in [-0.2, -0.15) is 0 Å². The Hall–Kier alpha value is -2.09. The van der Waals surface area contributed by atoms with Crippen molar-refractivity contribution in [1.29, 1.82) is 0 Å². The van der Waals surface area contributed by atoms with Crippen LogP contribution in [0.15, 0.2) is 42.5 Å². The molecule has 0 fully saturated rings. The first-order chi connectivity index (χ1) is 10.5. The molecule has 1 amide bonds. The van der Waals surface area contributed by atoms with Crippen LogP contribution in [0, 0.1) is 20.8 Å². The van der Waals surface area contributed by atoms with E-state index >= 15 is 0 Å². The molecule has 22 heavy (non-hydrogen) atoms. The van der Waals surface area contributed by atoms with E-state index in [2.05, 4.69) is 68.6 Å². The summed E-state index contributed by atoms with van der Waals surface area (Å²) in [5.41, 5.74) is 6.15. The third-order valence-corrected chi connectivity index (χ3v) is 3.93. The van der Waals surface area contributed by atoms with Gasteiger partial charge in [-0.15, -0.1) is 0 Å². The van der Waals surface area contributed by atoms with E-state index in [-0.39, 0.29) is 5.91 Å². The van der Waals surface area contributed by atoms with E-state index in [0.717, 1.165) is 24.9 Å². The van der Waals surface area contributed by atoms with Crippen LogP contribution in [-0.4, -0.2) is 12.5 Å². The molecule has 0 aliphatic heterocycles. The van der Waals surface area contributed by atoms with Crippen LogP contribution in [0.2, 0.25) is 0 Å². The zero-order chi connectivity index (χ0) is 15.9. The fourth-order valence-electron chi connectivity index (χ4n) is 2.55. The Kier molecular flexibility index (Phi) is 5.76. The molecule has 116 valence electrons. The molecular formula is C20H25NO. The molecule has 0 radical (unpaired) electrons. The van der Waals surface area contributed by atoms with Crippen molar-refractivity contribution in [3.05, 3.63) is 70.3 Å². The number of hydrogen-bond acceptors (Lipinski definition) is 1. The summed E-state index contributed by atoms with van der Waals surface area (Å²) in [6.45, 7) is 6.96. The third kappa shape index (κ3) is 5.03. The average Bonchev–Trinajstić information content (AvgIpc) is 2.48. The van der Waals surface area contributed by atoms with Crippen molar-refractivity contribution in [3.63, 3.8) is 0 Å². The molecular weight excluding hydrogens is 270 g/mol. The van der Waals surface area contributed by atoms with Crippen molar-refractivity contribution in [1.82, 2.24) is 5.32 Å². The number of rotatable bonds is 6. The second-order valence-electron chi connectivity index (χ2n) is 6.05. The molecule has 0 bridgehead atoms. The van der Waals surface area contributed by atoms with Gasteiger partial charge < -0.3 is 5.32 Å². The van der Waals surface area contributed by atoms with Crippen LogP contribution < -0.4 is 5.32 Å². The summed E-state index contributed by atoms with van der Waals surface area (Å²) in [6.07, 6.45) is 2.45. The van der Waals surface area contributed by atoms with Crippen molar-refractivity contribution in [3.8, 4) is 0 Å². The molecule has 2 nitrogen and oxygen atoms in total. The van der Waals surface area contributed by atoms with Gasteiger partial charge in [0.2, 0.25) is 5.91 Å². The lowest BCUT2D eigenvalue weighted by Crippen LogP contribution is -2.26. The first-order valence-corrected chi connectivity index (χ1v) is 7.93. The number of hydrogen-bond donors (Lipinski definition) is 1. The Bertz CT molecular complexity index is 629. The average molecular weight is 295 g/mol. The van der Waals surface area contributed by atoms with Crippen molar-refractivity contribution in [2.24, 2.45) is 0 Å². The molecule has 0 atom stereocenters. The second kappa shape index (κ2) is 7.79. The number of amides is 1. The van der Waals surface area contributed by atoms with Gasteiger partial charge in [-0.1, -0.05) is 53.6 Å². The summed E-state index contributed by atoms with van der Waals surface area (Å²) < 4.78 is 0. The number of carbonyl (C=O) groups is 1. The van der Waals surface area contributed by atoms with Gasteiger partial charge in [0.05, 0.1) is 6.42 Å². The van der Waals surface area contributed by atoms with Gasteiger partial charge in [0, 0.05) is 6.54 Å². The molecule has 0 saturated heterocycles. The Morgan fingerprint density at radius 3 is 2.32 bits per heavy atom. The van der Waals surface area contributed by atoms with Crippen molar-refractivity contribution in [2.45, 2.75) is 40.0 Å². The number of aryl methyl sites for hydroxylation is 4. The lowest BCUT2D eigenvalue weighted by Gasteiger charge is -2.08. The van der Waals surface area contributed by atoms with E-state index < -0.39 is 0 Å². The topological polar surface area (TPSA) is 29.1 Å². The Labute approximate surface area is 133 Å². The summed E-state index contributed by atoms with van der Waals surface area (Å²) >= 11 is 0. The van der Waals surface area contributed by atoms with Crippen LogP contribution in [0.5, 0.6) is 0 Å². The smallest absolute Gasteiger partial charge is 0.224 e. The van der Waals surface area contributed by atoms with Crippen LogP contribution in [0.3, 0.4) is 0 Å². The molecule has 0 aliphatic carbocycles. The van der Waals surface area contributed by atoms with Gasteiger partial charge in [-0.25, -0.2) is 0 Å². The Balaban J connectivity index is 1.72. The highest BCUT2D eigenvalue weighted by atomic mass is 16.1. The summed E-state index contributed by atoms with van der Waals surface area (Å²) in [6, 6.07) is 14.8. The Morgan fingerprint density at radius 1 is 0.955 bits per heavy atom. The van der Waals surface area contributed by atoms with Gasteiger partial charge in [0.1, 0.15) is 0 Å². The lowest BCUT2D eigenvalue weighted by atomic mass is 10.0. The predicted molar refractivity (Wildman–Crippen MR) is 92.1 cm³/mol. The molecule has 0 aromatic heterocycles.